The average molecular weight is 357 g/mol. The molecule has 5 nitrogen and oxygen atoms in total. The minimum Gasteiger partial charge on any atom is -0.481 e. The number of carboxylic acids is 1. The number of hydrogen-bond donors (Lipinski definition) is 1. The van der Waals surface area contributed by atoms with E-state index >= 15 is 0 Å². The van der Waals surface area contributed by atoms with Crippen LogP contribution in [0.15, 0.2) is 36.7 Å². The van der Waals surface area contributed by atoms with E-state index in [9.17, 15) is 4.79 Å². The molecule has 0 amide bonds. The summed E-state index contributed by atoms with van der Waals surface area (Å²) in [4.78, 5) is 10.5. The summed E-state index contributed by atoms with van der Waals surface area (Å²) in [6, 6.07) is 9.57. The molecule has 0 aliphatic rings. The van der Waals surface area contributed by atoms with Crippen molar-refractivity contribution in [1.82, 2.24) is 14.3 Å². The number of carbonyl (C=O) groups is 1. The maximum Gasteiger partial charge on any atom is 0.305 e. The number of aryl methyl sites for hydroxylation is 1. The van der Waals surface area contributed by atoms with Crippen molar-refractivity contribution in [3.8, 4) is 5.69 Å². The smallest absolute Gasteiger partial charge is 0.305 e. The van der Waals surface area contributed by atoms with Gasteiger partial charge in [0.1, 0.15) is 6.33 Å². The third kappa shape index (κ3) is 3.39. The fraction of sp³-hybridized carbons (Fsp3) is 0.182. The number of hydrogen-bond acceptors (Lipinski definition) is 3. The number of benzene rings is 1. The van der Waals surface area contributed by atoms with Crippen LogP contribution >= 0.6 is 12.2 Å². The van der Waals surface area contributed by atoms with E-state index in [1.165, 1.54) is 4.68 Å². The zero-order valence-corrected chi connectivity index (χ0v) is 11.6. The molecular formula is C11H11AgN3O2S. The van der Waals surface area contributed by atoms with Crippen LogP contribution in [0.1, 0.15) is 6.42 Å². The van der Waals surface area contributed by atoms with Crippen molar-refractivity contribution in [2.45, 2.75) is 13.0 Å². The van der Waals surface area contributed by atoms with Crippen molar-refractivity contribution in [3.05, 3.63) is 41.4 Å². The molecule has 7 heteroatoms. The number of nitrogens with zero attached hydrogens (tertiary/aromatic N) is 3. The topological polar surface area (TPSA) is 60.0 Å². The maximum absolute atomic E-state index is 10.5. The predicted molar refractivity (Wildman–Crippen MR) is 64.6 cm³/mol. The van der Waals surface area contributed by atoms with Gasteiger partial charge in [0.05, 0.1) is 13.0 Å². The molecule has 1 heterocycles. The quantitative estimate of drug-likeness (QED) is 0.671. The zero-order valence-electron chi connectivity index (χ0n) is 9.29. The van der Waals surface area contributed by atoms with Gasteiger partial charge in [-0.1, -0.05) is 18.2 Å². The van der Waals surface area contributed by atoms with E-state index in [0.29, 0.717) is 4.77 Å². The Bertz CT molecular complexity index is 579. The second-order valence-electron chi connectivity index (χ2n) is 3.49. The standard InChI is InChI=1S/C11H11N3O2S.Ag/c15-10(16)6-7-14-11(17)13(8-12-14)9-4-2-1-3-5-9;/h1-5,8H,6-7H2,(H,15,16);. The van der Waals surface area contributed by atoms with Gasteiger partial charge in [-0.25, -0.2) is 4.68 Å². The Balaban J connectivity index is 0.00000162. The molecule has 2 rings (SSSR count). The van der Waals surface area contributed by atoms with E-state index in [1.807, 2.05) is 30.3 Å². The zero-order chi connectivity index (χ0) is 12.3. The van der Waals surface area contributed by atoms with Crippen molar-refractivity contribution in [2.75, 3.05) is 0 Å². The fourth-order valence-corrected chi connectivity index (χ4v) is 1.75. The number of carboxylic acid groups (broad SMARTS) is 1. The average Bonchev–Trinajstić information content (AvgIpc) is 2.69. The fourth-order valence-electron chi connectivity index (χ4n) is 1.46. The Morgan fingerprint density at radius 2 is 2.00 bits per heavy atom. The van der Waals surface area contributed by atoms with Gasteiger partial charge in [-0.3, -0.25) is 9.36 Å². The monoisotopic (exact) mass is 356 g/mol. The first kappa shape index (κ1) is 14.8. The molecule has 1 aromatic heterocycles. The summed E-state index contributed by atoms with van der Waals surface area (Å²) < 4.78 is 3.76. The van der Waals surface area contributed by atoms with E-state index in [4.69, 9.17) is 17.3 Å². The van der Waals surface area contributed by atoms with Crippen LogP contribution in [0.4, 0.5) is 0 Å². The molecule has 1 aromatic carbocycles. The molecule has 0 fully saturated rings. The van der Waals surface area contributed by atoms with Crippen LogP contribution in [-0.2, 0) is 33.7 Å². The third-order valence-corrected chi connectivity index (χ3v) is 2.71. The minimum absolute atomic E-state index is 0. The summed E-state index contributed by atoms with van der Waals surface area (Å²) in [5, 5.41) is 12.7. The molecule has 0 aliphatic heterocycles. The third-order valence-electron chi connectivity index (χ3n) is 2.31. The SMILES string of the molecule is O=C(O)CCn1ncn(-c2ccccc2)c1=S.[Ag]. The van der Waals surface area contributed by atoms with Crippen LogP contribution in [0.3, 0.4) is 0 Å². The van der Waals surface area contributed by atoms with Crippen molar-refractivity contribution in [3.63, 3.8) is 0 Å². The van der Waals surface area contributed by atoms with Crippen molar-refractivity contribution < 1.29 is 32.3 Å². The maximum atomic E-state index is 10.5. The minimum atomic E-state index is -0.860. The summed E-state index contributed by atoms with van der Waals surface area (Å²) >= 11 is 5.23. The van der Waals surface area contributed by atoms with E-state index in [0.717, 1.165) is 5.69 Å². The molecule has 18 heavy (non-hydrogen) atoms. The van der Waals surface area contributed by atoms with Gasteiger partial charge in [-0.05, 0) is 24.4 Å². The number of aromatic nitrogens is 3. The Labute approximate surface area is 125 Å². The van der Waals surface area contributed by atoms with Crippen molar-refractivity contribution in [2.24, 2.45) is 0 Å². The van der Waals surface area contributed by atoms with Gasteiger partial charge in [0.2, 0.25) is 4.77 Å². The van der Waals surface area contributed by atoms with E-state index in [-0.39, 0.29) is 35.3 Å². The molecule has 0 saturated carbocycles. The van der Waals surface area contributed by atoms with Gasteiger partial charge in [-0.2, -0.15) is 5.10 Å². The molecule has 0 bridgehead atoms. The number of para-hydroxylation sites is 1. The number of rotatable bonds is 4. The van der Waals surface area contributed by atoms with Gasteiger partial charge in [0, 0.05) is 28.1 Å². The normalized spacial score (nSPS) is 9.78. The molecule has 2 aromatic rings. The predicted octanol–water partition coefficient (Wildman–Crippen LogP) is 1.88. The first-order chi connectivity index (χ1) is 8.18. The van der Waals surface area contributed by atoms with Crippen LogP contribution in [0.5, 0.6) is 0 Å². The first-order valence-corrected chi connectivity index (χ1v) is 5.51. The van der Waals surface area contributed by atoms with Crippen LogP contribution < -0.4 is 0 Å². The Morgan fingerprint density at radius 3 is 2.61 bits per heavy atom. The Morgan fingerprint density at radius 1 is 1.33 bits per heavy atom. The van der Waals surface area contributed by atoms with Gasteiger partial charge in [0.25, 0.3) is 0 Å². The Kier molecular flexibility index (Phi) is 5.49. The summed E-state index contributed by atoms with van der Waals surface area (Å²) in [5.74, 6) is -0.860. The molecule has 99 valence electrons. The molecule has 0 saturated heterocycles. The Hall–Kier alpha value is -1.21. The second-order valence-corrected chi connectivity index (χ2v) is 3.85. The molecule has 0 aliphatic carbocycles. The van der Waals surface area contributed by atoms with E-state index in [2.05, 4.69) is 5.10 Å². The van der Waals surface area contributed by atoms with Crippen molar-refractivity contribution >= 4 is 18.2 Å². The summed E-state index contributed by atoms with van der Waals surface area (Å²) in [6.07, 6.45) is 1.61. The van der Waals surface area contributed by atoms with E-state index in [1.54, 1.807) is 10.9 Å². The van der Waals surface area contributed by atoms with Crippen LogP contribution in [0.2, 0.25) is 0 Å². The van der Waals surface area contributed by atoms with E-state index < -0.39 is 5.97 Å². The van der Waals surface area contributed by atoms with Gasteiger partial charge in [0.15, 0.2) is 0 Å². The molecular weight excluding hydrogens is 346 g/mol. The van der Waals surface area contributed by atoms with Crippen LogP contribution in [0, 0.1) is 4.77 Å². The van der Waals surface area contributed by atoms with Crippen LogP contribution in [-0.4, -0.2) is 25.4 Å². The molecule has 0 spiro atoms. The van der Waals surface area contributed by atoms with Crippen LogP contribution in [0.25, 0.3) is 5.69 Å². The van der Waals surface area contributed by atoms with Gasteiger partial charge >= 0.3 is 5.97 Å². The summed E-state index contributed by atoms with van der Waals surface area (Å²) in [6.45, 7) is 0.286. The molecule has 0 atom stereocenters. The summed E-state index contributed by atoms with van der Waals surface area (Å²) in [7, 11) is 0. The molecule has 1 N–H and O–H groups in total. The van der Waals surface area contributed by atoms with Crippen molar-refractivity contribution in [1.29, 1.82) is 0 Å². The van der Waals surface area contributed by atoms with Gasteiger partial charge in [-0.15, -0.1) is 0 Å². The molecule has 1 radical (unpaired) electrons. The molecule has 0 unspecified atom stereocenters. The van der Waals surface area contributed by atoms with Gasteiger partial charge < -0.3 is 5.11 Å². The second kappa shape index (κ2) is 6.65. The summed E-state index contributed by atoms with van der Waals surface area (Å²) in [5.41, 5.74) is 0.916. The number of aliphatic carboxylic acids is 1. The first-order valence-electron chi connectivity index (χ1n) is 5.10. The largest absolute Gasteiger partial charge is 0.481 e.